The number of rotatable bonds is 7. The van der Waals surface area contributed by atoms with Crippen LogP contribution in [0.25, 0.3) is 0 Å². The van der Waals surface area contributed by atoms with Gasteiger partial charge in [0.05, 0.1) is 4.90 Å². The van der Waals surface area contributed by atoms with Crippen LogP contribution < -0.4 is 10.1 Å². The highest BCUT2D eigenvalue weighted by Gasteiger charge is 2.29. The average molecular weight is 406 g/mol. The number of sulfonamides is 1. The van der Waals surface area contributed by atoms with Gasteiger partial charge in [0.25, 0.3) is 10.0 Å². The van der Waals surface area contributed by atoms with Gasteiger partial charge in [-0.3, -0.25) is 0 Å². The molecule has 152 valence electrons. The Balaban J connectivity index is 1.54. The molecule has 0 radical (unpaired) electrons. The standard InChI is InChI=1S/C21H28FN3O2S/c1-21(2)12-3-13-25(16-21)24-28(26,27)20-10-6-18(7-11-20)15-23-14-17-4-8-19(22)9-5-17/h4-11,23-24H,3,12-16H2,1-2H3. The first kappa shape index (κ1) is 20.9. The number of hydrogen-bond donors (Lipinski definition) is 2. The lowest BCUT2D eigenvalue weighted by atomic mass is 9.85. The summed E-state index contributed by atoms with van der Waals surface area (Å²) in [6.07, 6.45) is 2.08. The lowest BCUT2D eigenvalue weighted by Gasteiger charge is -2.37. The molecule has 0 aliphatic carbocycles. The first-order chi connectivity index (χ1) is 13.2. The van der Waals surface area contributed by atoms with Gasteiger partial charge in [0.2, 0.25) is 0 Å². The Morgan fingerprint density at radius 1 is 1.00 bits per heavy atom. The first-order valence-electron chi connectivity index (χ1n) is 9.55. The Hall–Kier alpha value is -1.80. The molecular formula is C21H28FN3O2S. The zero-order chi connectivity index (χ0) is 20.2. The zero-order valence-corrected chi connectivity index (χ0v) is 17.2. The van der Waals surface area contributed by atoms with Crippen molar-refractivity contribution in [1.29, 1.82) is 0 Å². The van der Waals surface area contributed by atoms with Crippen LogP contribution in [0.15, 0.2) is 53.4 Å². The molecule has 1 saturated heterocycles. The molecule has 0 aromatic heterocycles. The summed E-state index contributed by atoms with van der Waals surface area (Å²) in [5.41, 5.74) is 2.09. The van der Waals surface area contributed by atoms with Crippen molar-refractivity contribution in [3.8, 4) is 0 Å². The quantitative estimate of drug-likeness (QED) is 0.741. The Morgan fingerprint density at radius 3 is 2.14 bits per heavy atom. The van der Waals surface area contributed by atoms with E-state index < -0.39 is 10.0 Å². The largest absolute Gasteiger partial charge is 0.309 e. The Bertz CT molecular complexity index is 881. The van der Waals surface area contributed by atoms with Crippen molar-refractivity contribution in [1.82, 2.24) is 15.2 Å². The van der Waals surface area contributed by atoms with Gasteiger partial charge in [-0.25, -0.2) is 17.8 Å². The lowest BCUT2D eigenvalue weighted by Crippen LogP contribution is -2.49. The molecule has 3 rings (SSSR count). The highest BCUT2D eigenvalue weighted by atomic mass is 32.2. The summed E-state index contributed by atoms with van der Waals surface area (Å²) in [7, 11) is -3.57. The molecule has 1 aliphatic heterocycles. The normalized spacial score (nSPS) is 17.5. The van der Waals surface area contributed by atoms with Crippen LogP contribution in [-0.2, 0) is 23.1 Å². The number of benzene rings is 2. The summed E-state index contributed by atoms with van der Waals surface area (Å²) in [6, 6.07) is 13.2. The van der Waals surface area contributed by atoms with Crippen molar-refractivity contribution in [2.24, 2.45) is 5.41 Å². The SMILES string of the molecule is CC1(C)CCCN(NS(=O)(=O)c2ccc(CNCc3ccc(F)cc3)cc2)C1. The first-order valence-corrected chi connectivity index (χ1v) is 11.0. The van der Waals surface area contributed by atoms with Crippen LogP contribution in [0.5, 0.6) is 0 Å². The molecule has 1 fully saturated rings. The van der Waals surface area contributed by atoms with Crippen LogP contribution in [0.2, 0.25) is 0 Å². The van der Waals surface area contributed by atoms with Crippen LogP contribution >= 0.6 is 0 Å². The Kier molecular flexibility index (Phi) is 6.50. The summed E-state index contributed by atoms with van der Waals surface area (Å²) < 4.78 is 38.2. The van der Waals surface area contributed by atoms with Gasteiger partial charge in [0, 0.05) is 26.2 Å². The molecule has 7 heteroatoms. The van der Waals surface area contributed by atoms with Gasteiger partial charge in [-0.05, 0) is 53.6 Å². The molecule has 2 aromatic rings. The van der Waals surface area contributed by atoms with E-state index in [0.717, 1.165) is 30.5 Å². The van der Waals surface area contributed by atoms with Crippen molar-refractivity contribution >= 4 is 10.0 Å². The number of nitrogens with one attached hydrogen (secondary N) is 2. The third-order valence-electron chi connectivity index (χ3n) is 4.95. The van der Waals surface area contributed by atoms with E-state index in [2.05, 4.69) is 24.0 Å². The fourth-order valence-corrected chi connectivity index (χ4v) is 4.56. The van der Waals surface area contributed by atoms with E-state index in [4.69, 9.17) is 0 Å². The van der Waals surface area contributed by atoms with E-state index in [-0.39, 0.29) is 16.1 Å². The Morgan fingerprint density at radius 2 is 1.57 bits per heavy atom. The number of piperidine rings is 1. The maximum absolute atomic E-state index is 12.9. The van der Waals surface area contributed by atoms with E-state index in [9.17, 15) is 12.8 Å². The fourth-order valence-electron chi connectivity index (χ4n) is 3.46. The molecule has 1 heterocycles. The van der Waals surface area contributed by atoms with Gasteiger partial charge in [0.1, 0.15) is 5.82 Å². The van der Waals surface area contributed by atoms with Gasteiger partial charge < -0.3 is 5.32 Å². The molecule has 0 spiro atoms. The molecule has 28 heavy (non-hydrogen) atoms. The molecule has 0 saturated carbocycles. The molecule has 2 N–H and O–H groups in total. The highest BCUT2D eigenvalue weighted by molar-refractivity contribution is 7.89. The monoisotopic (exact) mass is 405 g/mol. The van der Waals surface area contributed by atoms with E-state index in [0.29, 0.717) is 19.6 Å². The minimum atomic E-state index is -3.57. The molecular weight excluding hydrogens is 377 g/mol. The predicted molar refractivity (Wildman–Crippen MR) is 108 cm³/mol. The number of nitrogens with zero attached hydrogens (tertiary/aromatic N) is 1. The second-order valence-electron chi connectivity index (χ2n) is 8.16. The van der Waals surface area contributed by atoms with Crippen LogP contribution in [0.4, 0.5) is 4.39 Å². The Labute approximate surface area is 167 Å². The van der Waals surface area contributed by atoms with Crippen LogP contribution in [0, 0.1) is 11.2 Å². The second-order valence-corrected chi connectivity index (χ2v) is 9.82. The number of hydrogen-bond acceptors (Lipinski definition) is 4. The minimum absolute atomic E-state index is 0.112. The summed E-state index contributed by atoms with van der Waals surface area (Å²) in [5, 5.41) is 5.08. The van der Waals surface area contributed by atoms with E-state index in [1.165, 1.54) is 12.1 Å². The highest BCUT2D eigenvalue weighted by Crippen LogP contribution is 2.27. The molecule has 0 amide bonds. The average Bonchev–Trinajstić information content (AvgIpc) is 2.63. The van der Waals surface area contributed by atoms with Gasteiger partial charge in [-0.15, -0.1) is 4.83 Å². The van der Waals surface area contributed by atoms with Gasteiger partial charge in [-0.2, -0.15) is 0 Å². The summed E-state index contributed by atoms with van der Waals surface area (Å²) in [4.78, 5) is 2.98. The smallest absolute Gasteiger partial charge is 0.253 e. The molecule has 1 aliphatic rings. The van der Waals surface area contributed by atoms with Crippen LogP contribution in [0.1, 0.15) is 37.8 Å². The van der Waals surface area contributed by atoms with E-state index >= 15 is 0 Å². The predicted octanol–water partition coefficient (Wildman–Crippen LogP) is 3.43. The topological polar surface area (TPSA) is 61.4 Å². The van der Waals surface area contributed by atoms with Crippen molar-refractivity contribution in [2.75, 3.05) is 13.1 Å². The van der Waals surface area contributed by atoms with Gasteiger partial charge in [-0.1, -0.05) is 38.1 Å². The van der Waals surface area contributed by atoms with Gasteiger partial charge in [0.15, 0.2) is 0 Å². The number of halogens is 1. The maximum atomic E-state index is 12.9. The van der Waals surface area contributed by atoms with Crippen molar-refractivity contribution in [3.63, 3.8) is 0 Å². The third-order valence-corrected chi connectivity index (χ3v) is 6.35. The molecule has 5 nitrogen and oxygen atoms in total. The van der Waals surface area contributed by atoms with Crippen molar-refractivity contribution in [3.05, 3.63) is 65.5 Å². The van der Waals surface area contributed by atoms with Crippen LogP contribution in [-0.4, -0.2) is 26.5 Å². The minimum Gasteiger partial charge on any atom is -0.309 e. The second kappa shape index (κ2) is 8.69. The third kappa shape index (κ3) is 5.85. The molecule has 0 atom stereocenters. The molecule has 0 unspecified atom stereocenters. The fraction of sp³-hybridized carbons (Fsp3) is 0.429. The van der Waals surface area contributed by atoms with E-state index in [1.807, 2.05) is 12.1 Å². The summed E-state index contributed by atoms with van der Waals surface area (Å²) >= 11 is 0. The lowest BCUT2D eigenvalue weighted by molar-refractivity contribution is 0.0988. The van der Waals surface area contributed by atoms with E-state index in [1.54, 1.807) is 29.3 Å². The van der Waals surface area contributed by atoms with Gasteiger partial charge >= 0.3 is 0 Å². The van der Waals surface area contributed by atoms with Crippen LogP contribution in [0.3, 0.4) is 0 Å². The summed E-state index contributed by atoms with van der Waals surface area (Å²) in [5.74, 6) is -0.248. The summed E-state index contributed by atoms with van der Waals surface area (Å²) in [6.45, 7) is 6.96. The maximum Gasteiger partial charge on any atom is 0.253 e. The molecule has 0 bridgehead atoms. The zero-order valence-electron chi connectivity index (χ0n) is 16.4. The van der Waals surface area contributed by atoms with Crippen molar-refractivity contribution < 1.29 is 12.8 Å². The van der Waals surface area contributed by atoms with Crippen molar-refractivity contribution in [2.45, 2.75) is 44.7 Å². The molecule has 2 aromatic carbocycles. The number of hydrazine groups is 1.